The summed E-state index contributed by atoms with van der Waals surface area (Å²) in [5, 5.41) is 11.8. The molecule has 1 aliphatic rings. The van der Waals surface area contributed by atoms with Crippen molar-refractivity contribution in [3.05, 3.63) is 101 Å². The van der Waals surface area contributed by atoms with Crippen molar-refractivity contribution in [2.45, 2.75) is 26.8 Å². The third-order valence-corrected chi connectivity index (χ3v) is 7.05. The van der Waals surface area contributed by atoms with Gasteiger partial charge in [-0.2, -0.15) is 0 Å². The summed E-state index contributed by atoms with van der Waals surface area (Å²) < 4.78 is 11.3. The summed E-state index contributed by atoms with van der Waals surface area (Å²) in [4.78, 5) is 31.1. The molecule has 194 valence electrons. The number of anilines is 2. The third kappa shape index (κ3) is 4.20. The number of rotatable bonds is 8. The molecule has 0 saturated heterocycles. The van der Waals surface area contributed by atoms with Crippen LogP contribution in [0.15, 0.2) is 88.5 Å². The molecule has 0 saturated carbocycles. The SMILES string of the molecule is CCN(CC)c1ccc(C2C(C(=O)c3cc4cccc(OC)c4o3)=C(O)C(=O)N2c2ccc(C)cc2)cc1. The average Bonchev–Trinajstić information content (AvgIpc) is 3.49. The first kappa shape index (κ1) is 25.1. The van der Waals surface area contributed by atoms with Gasteiger partial charge in [-0.05, 0) is 62.7 Å². The largest absolute Gasteiger partial charge is 0.503 e. The van der Waals surface area contributed by atoms with E-state index in [2.05, 4.69) is 18.7 Å². The summed E-state index contributed by atoms with van der Waals surface area (Å²) in [7, 11) is 1.53. The van der Waals surface area contributed by atoms with E-state index in [0.29, 0.717) is 28.0 Å². The number of methoxy groups -OCH3 is 1. The number of hydrogen-bond donors (Lipinski definition) is 1. The lowest BCUT2D eigenvalue weighted by molar-refractivity contribution is -0.117. The molecule has 0 aliphatic carbocycles. The molecular weight excluding hydrogens is 480 g/mol. The molecule has 1 aliphatic heterocycles. The van der Waals surface area contributed by atoms with Crippen molar-refractivity contribution in [2.75, 3.05) is 30.0 Å². The van der Waals surface area contributed by atoms with Crippen molar-refractivity contribution in [2.24, 2.45) is 0 Å². The van der Waals surface area contributed by atoms with Crippen LogP contribution in [0.25, 0.3) is 11.0 Å². The van der Waals surface area contributed by atoms with Gasteiger partial charge in [0.15, 0.2) is 22.9 Å². The second-order valence-electron chi connectivity index (χ2n) is 9.26. The minimum absolute atomic E-state index is 0.0226. The lowest BCUT2D eigenvalue weighted by Crippen LogP contribution is -2.31. The van der Waals surface area contributed by atoms with Gasteiger partial charge in [-0.3, -0.25) is 14.5 Å². The van der Waals surface area contributed by atoms with E-state index in [0.717, 1.165) is 24.3 Å². The second kappa shape index (κ2) is 10.1. The van der Waals surface area contributed by atoms with Gasteiger partial charge in [0.2, 0.25) is 5.78 Å². The molecule has 7 heteroatoms. The van der Waals surface area contributed by atoms with Gasteiger partial charge in [-0.15, -0.1) is 0 Å². The number of nitrogens with zero attached hydrogens (tertiary/aromatic N) is 2. The van der Waals surface area contributed by atoms with Crippen LogP contribution in [0.4, 0.5) is 11.4 Å². The van der Waals surface area contributed by atoms with E-state index in [1.807, 2.05) is 61.5 Å². The minimum atomic E-state index is -0.835. The lowest BCUT2D eigenvalue weighted by atomic mass is 9.94. The highest BCUT2D eigenvalue weighted by Crippen LogP contribution is 2.43. The Labute approximate surface area is 221 Å². The van der Waals surface area contributed by atoms with E-state index in [1.54, 1.807) is 18.2 Å². The van der Waals surface area contributed by atoms with Crippen molar-refractivity contribution >= 4 is 34.0 Å². The molecular formula is C31H30N2O5. The smallest absolute Gasteiger partial charge is 0.294 e. The van der Waals surface area contributed by atoms with Gasteiger partial charge < -0.3 is 19.2 Å². The number of carbonyl (C=O) groups is 2. The van der Waals surface area contributed by atoms with Crippen LogP contribution in [-0.2, 0) is 4.79 Å². The van der Waals surface area contributed by atoms with E-state index < -0.39 is 23.5 Å². The van der Waals surface area contributed by atoms with Crippen LogP contribution in [0, 0.1) is 6.92 Å². The molecule has 7 nitrogen and oxygen atoms in total. The van der Waals surface area contributed by atoms with Crippen LogP contribution >= 0.6 is 0 Å². The summed E-state index contributed by atoms with van der Waals surface area (Å²) in [5.74, 6) is -1.26. The molecule has 2 heterocycles. The number of aryl methyl sites for hydroxylation is 1. The maximum atomic E-state index is 13.9. The summed E-state index contributed by atoms with van der Waals surface area (Å²) in [5.41, 5.74) is 3.76. The van der Waals surface area contributed by atoms with Crippen molar-refractivity contribution < 1.29 is 23.8 Å². The van der Waals surface area contributed by atoms with E-state index in [1.165, 1.54) is 12.0 Å². The first-order valence-corrected chi connectivity index (χ1v) is 12.7. The standard InChI is InChI=1S/C31H30N2O5/c1-5-32(6-2)22-16-12-20(13-17-22)27-26(29(35)31(36)33(27)23-14-10-19(3)11-15-23)28(34)25-18-21-8-7-9-24(37-4)30(21)38-25/h7-18,27,35H,5-6H2,1-4H3. The molecule has 38 heavy (non-hydrogen) atoms. The number of furan rings is 1. The normalized spacial score (nSPS) is 15.4. The maximum absolute atomic E-state index is 13.9. The van der Waals surface area contributed by atoms with Crippen LogP contribution in [0.5, 0.6) is 5.75 Å². The quantitative estimate of drug-likeness (QED) is 0.277. The predicted octanol–water partition coefficient (Wildman–Crippen LogP) is 6.38. The van der Waals surface area contributed by atoms with Crippen LogP contribution in [0.3, 0.4) is 0 Å². The Bertz CT molecular complexity index is 1530. The van der Waals surface area contributed by atoms with E-state index in [9.17, 15) is 14.7 Å². The van der Waals surface area contributed by atoms with Crippen LogP contribution in [0.1, 0.15) is 41.6 Å². The fourth-order valence-corrected chi connectivity index (χ4v) is 5.02. The Balaban J connectivity index is 1.63. The molecule has 3 aromatic carbocycles. The third-order valence-electron chi connectivity index (χ3n) is 7.05. The predicted molar refractivity (Wildman–Crippen MR) is 148 cm³/mol. The highest BCUT2D eigenvalue weighted by Gasteiger charge is 2.45. The van der Waals surface area contributed by atoms with Crippen molar-refractivity contribution in [3.8, 4) is 5.75 Å². The van der Waals surface area contributed by atoms with Crippen LogP contribution < -0.4 is 14.5 Å². The molecule has 0 bridgehead atoms. The molecule has 1 amide bonds. The van der Waals surface area contributed by atoms with Gasteiger partial charge >= 0.3 is 0 Å². The summed E-state index contributed by atoms with van der Waals surface area (Å²) in [6.07, 6.45) is 0. The molecule has 5 rings (SSSR count). The maximum Gasteiger partial charge on any atom is 0.294 e. The van der Waals surface area contributed by atoms with Gasteiger partial charge in [0.25, 0.3) is 5.91 Å². The van der Waals surface area contributed by atoms with Gasteiger partial charge in [-0.25, -0.2) is 0 Å². The molecule has 4 aromatic rings. The van der Waals surface area contributed by atoms with Gasteiger partial charge in [0.1, 0.15) is 0 Å². The van der Waals surface area contributed by atoms with Gasteiger partial charge in [-0.1, -0.05) is 42.0 Å². The Morgan fingerprint density at radius 1 is 1.03 bits per heavy atom. The monoisotopic (exact) mass is 510 g/mol. The van der Waals surface area contributed by atoms with Gasteiger partial charge in [0.05, 0.1) is 18.7 Å². The zero-order valence-corrected chi connectivity index (χ0v) is 21.9. The topological polar surface area (TPSA) is 83.2 Å². The fraction of sp³-hybridized carbons (Fsp3) is 0.226. The van der Waals surface area contributed by atoms with E-state index in [4.69, 9.17) is 9.15 Å². The summed E-state index contributed by atoms with van der Waals surface area (Å²) in [6, 6.07) is 21.3. The zero-order chi connectivity index (χ0) is 27.0. The number of para-hydroxylation sites is 1. The molecule has 1 N–H and O–H groups in total. The Hall–Kier alpha value is -4.52. The Morgan fingerprint density at radius 2 is 1.71 bits per heavy atom. The highest BCUT2D eigenvalue weighted by molar-refractivity contribution is 6.20. The second-order valence-corrected chi connectivity index (χ2v) is 9.26. The number of carbonyl (C=O) groups excluding carboxylic acids is 2. The van der Waals surface area contributed by atoms with Crippen LogP contribution in [0.2, 0.25) is 0 Å². The summed E-state index contributed by atoms with van der Waals surface area (Å²) in [6.45, 7) is 7.85. The van der Waals surface area contributed by atoms with Crippen molar-refractivity contribution in [1.82, 2.24) is 0 Å². The number of ketones is 1. The number of aliphatic hydroxyl groups excluding tert-OH is 1. The lowest BCUT2D eigenvalue weighted by Gasteiger charge is -2.28. The highest BCUT2D eigenvalue weighted by atomic mass is 16.5. The number of amides is 1. The minimum Gasteiger partial charge on any atom is -0.503 e. The number of hydrogen-bond acceptors (Lipinski definition) is 6. The number of ether oxygens (including phenoxy) is 1. The molecule has 0 spiro atoms. The molecule has 1 unspecified atom stereocenters. The van der Waals surface area contributed by atoms with Gasteiger partial charge in [0, 0.05) is 29.9 Å². The van der Waals surface area contributed by atoms with Crippen molar-refractivity contribution in [1.29, 1.82) is 0 Å². The number of aliphatic hydroxyl groups is 1. The van der Waals surface area contributed by atoms with E-state index >= 15 is 0 Å². The Morgan fingerprint density at radius 3 is 2.34 bits per heavy atom. The molecule has 0 radical (unpaired) electrons. The Kier molecular flexibility index (Phi) is 6.68. The molecule has 1 atom stereocenters. The molecule has 1 aromatic heterocycles. The first-order valence-electron chi connectivity index (χ1n) is 12.7. The number of benzene rings is 3. The fourth-order valence-electron chi connectivity index (χ4n) is 5.02. The number of fused-ring (bicyclic) bond motifs is 1. The van der Waals surface area contributed by atoms with Crippen molar-refractivity contribution in [3.63, 3.8) is 0 Å². The van der Waals surface area contributed by atoms with Crippen LogP contribution in [-0.4, -0.2) is 37.0 Å². The average molecular weight is 511 g/mol. The molecule has 0 fully saturated rings. The summed E-state index contributed by atoms with van der Waals surface area (Å²) >= 11 is 0. The number of Topliss-reactive ketones (excluding diaryl/α,β-unsaturated/α-hetero) is 1. The first-order chi connectivity index (χ1) is 18.4. The zero-order valence-electron chi connectivity index (χ0n) is 21.9. The van der Waals surface area contributed by atoms with E-state index in [-0.39, 0.29) is 11.3 Å².